The molecule has 1 aromatic carbocycles. The summed E-state index contributed by atoms with van der Waals surface area (Å²) in [5.74, 6) is 0.672. The summed E-state index contributed by atoms with van der Waals surface area (Å²) in [6, 6.07) is 6.66. The molecule has 0 spiro atoms. The minimum absolute atomic E-state index is 0. The van der Waals surface area contributed by atoms with E-state index in [1.54, 1.807) is 21.1 Å². The maximum absolute atomic E-state index is 13.7. The third kappa shape index (κ3) is 6.10. The van der Waals surface area contributed by atoms with Gasteiger partial charge in [-0.25, -0.2) is 0 Å². The lowest BCUT2D eigenvalue weighted by atomic mass is 9.83. The number of likely N-dealkylation sites (N-methyl/N-ethyl adjacent to an activating group) is 1. The van der Waals surface area contributed by atoms with Crippen LogP contribution in [0.2, 0.25) is 0 Å². The number of ether oxygens (including phenoxy) is 1. The highest BCUT2D eigenvalue weighted by Crippen LogP contribution is 2.29. The topological polar surface area (TPSA) is 95.9 Å². The summed E-state index contributed by atoms with van der Waals surface area (Å²) in [7, 11) is 5.26. The number of amides is 3. The molecule has 0 bridgehead atoms. The molecule has 0 unspecified atom stereocenters. The molecule has 4 rings (SSSR count). The fraction of sp³-hybridized carbons (Fsp3) is 0.607. The fourth-order valence-electron chi connectivity index (χ4n) is 5.70. The molecule has 3 amide bonds. The van der Waals surface area contributed by atoms with Crippen molar-refractivity contribution in [3.63, 3.8) is 0 Å². The van der Waals surface area contributed by atoms with Crippen LogP contribution in [-0.2, 0) is 16.6 Å². The normalized spacial score (nSPS) is 20.0. The first-order chi connectivity index (χ1) is 17.7. The van der Waals surface area contributed by atoms with Crippen LogP contribution in [0.1, 0.15) is 56.4 Å². The molecule has 2 N–H and O–H groups in total. The Morgan fingerprint density at radius 2 is 1.79 bits per heavy atom. The molecule has 10 heteroatoms. The number of piperazine rings is 1. The van der Waals surface area contributed by atoms with Gasteiger partial charge in [0.1, 0.15) is 17.5 Å². The van der Waals surface area contributed by atoms with Crippen molar-refractivity contribution in [2.75, 3.05) is 33.8 Å². The minimum atomic E-state index is -0.522. The molecule has 9 nitrogen and oxygen atoms in total. The smallest absolute Gasteiger partial charge is 0.270 e. The second-order valence-electron chi connectivity index (χ2n) is 10.5. The van der Waals surface area contributed by atoms with Crippen LogP contribution >= 0.6 is 12.4 Å². The van der Waals surface area contributed by atoms with Gasteiger partial charge in [-0.15, -0.1) is 12.4 Å². The lowest BCUT2D eigenvalue weighted by Crippen LogP contribution is -2.61. The number of fused-ring (bicyclic) bond motifs is 1. The van der Waals surface area contributed by atoms with E-state index in [0.29, 0.717) is 25.3 Å². The average molecular weight is 548 g/mol. The maximum atomic E-state index is 13.7. The Hall–Kier alpha value is -2.78. The van der Waals surface area contributed by atoms with Gasteiger partial charge in [0.05, 0.1) is 18.7 Å². The quantitative estimate of drug-likeness (QED) is 0.555. The number of aromatic nitrogens is 1. The van der Waals surface area contributed by atoms with Crippen molar-refractivity contribution in [3.05, 3.63) is 30.0 Å². The molecule has 2 aliphatic rings. The van der Waals surface area contributed by atoms with Gasteiger partial charge in [-0.3, -0.25) is 14.4 Å². The SMILES string of the molecule is CN[C@@H](C)C(=O)N[C@H](C(=O)N1CCN(C(=O)c2cc3ccc(OC)cc3n2C)[C@H](C)C1)C1CCCCC1.Cl. The largest absolute Gasteiger partial charge is 0.497 e. The van der Waals surface area contributed by atoms with Crippen molar-refractivity contribution >= 4 is 41.0 Å². The van der Waals surface area contributed by atoms with Crippen LogP contribution in [0.4, 0.5) is 0 Å². The Morgan fingerprint density at radius 1 is 1.08 bits per heavy atom. The van der Waals surface area contributed by atoms with Gasteiger partial charge in [0.25, 0.3) is 5.91 Å². The van der Waals surface area contributed by atoms with Crippen LogP contribution in [0.25, 0.3) is 10.9 Å². The molecule has 1 saturated carbocycles. The number of halogens is 1. The molecule has 3 atom stereocenters. The van der Waals surface area contributed by atoms with Crippen molar-refractivity contribution in [2.45, 2.75) is 64.1 Å². The number of carbonyl (C=O) groups excluding carboxylic acids is 3. The van der Waals surface area contributed by atoms with E-state index >= 15 is 0 Å². The molecule has 0 radical (unpaired) electrons. The summed E-state index contributed by atoms with van der Waals surface area (Å²) in [4.78, 5) is 43.7. The van der Waals surface area contributed by atoms with Crippen LogP contribution in [0, 0.1) is 5.92 Å². The van der Waals surface area contributed by atoms with Gasteiger partial charge in [0, 0.05) is 44.2 Å². The van der Waals surface area contributed by atoms with Gasteiger partial charge in [0.2, 0.25) is 11.8 Å². The molecular formula is C28H42ClN5O4. The van der Waals surface area contributed by atoms with Gasteiger partial charge in [-0.2, -0.15) is 0 Å². The van der Waals surface area contributed by atoms with Crippen molar-refractivity contribution in [1.82, 2.24) is 25.0 Å². The fourth-order valence-corrected chi connectivity index (χ4v) is 5.70. The number of hydrogen-bond acceptors (Lipinski definition) is 5. The molecule has 2 heterocycles. The highest BCUT2D eigenvalue weighted by molar-refractivity contribution is 5.99. The molecule has 1 aliphatic carbocycles. The zero-order chi connectivity index (χ0) is 26.7. The van der Waals surface area contributed by atoms with Crippen molar-refractivity contribution in [1.29, 1.82) is 0 Å². The minimum Gasteiger partial charge on any atom is -0.497 e. The zero-order valence-electron chi connectivity index (χ0n) is 23.2. The van der Waals surface area contributed by atoms with E-state index in [-0.39, 0.29) is 48.1 Å². The van der Waals surface area contributed by atoms with Crippen LogP contribution in [0.15, 0.2) is 24.3 Å². The standard InChI is InChI=1S/C28H41N5O4.ClH/c1-18-17-32(28(36)25(20-9-7-6-8-10-20)30-26(34)19(2)29-3)13-14-33(18)27(35)24-15-21-11-12-22(37-5)16-23(21)31(24)4;/h11-12,15-16,18-20,25,29H,6-10,13-14,17H2,1-5H3,(H,30,34);1H/t18-,19+,25+;/m1./s1. The second-order valence-corrected chi connectivity index (χ2v) is 10.5. The Balaban J connectivity index is 0.00000400. The second kappa shape index (κ2) is 12.8. The summed E-state index contributed by atoms with van der Waals surface area (Å²) >= 11 is 0. The Labute approximate surface area is 231 Å². The Kier molecular flexibility index (Phi) is 10.1. The maximum Gasteiger partial charge on any atom is 0.270 e. The van der Waals surface area contributed by atoms with E-state index < -0.39 is 6.04 Å². The average Bonchev–Trinajstić information content (AvgIpc) is 3.26. The van der Waals surface area contributed by atoms with E-state index in [4.69, 9.17) is 4.74 Å². The van der Waals surface area contributed by atoms with Gasteiger partial charge in [-0.05, 0) is 57.9 Å². The van der Waals surface area contributed by atoms with Crippen molar-refractivity contribution in [2.24, 2.45) is 13.0 Å². The number of methoxy groups -OCH3 is 1. The molecule has 1 aromatic heterocycles. The lowest BCUT2D eigenvalue weighted by Gasteiger charge is -2.42. The number of aryl methyl sites for hydroxylation is 1. The number of hydrogen-bond donors (Lipinski definition) is 2. The van der Waals surface area contributed by atoms with E-state index in [0.717, 1.165) is 42.3 Å². The zero-order valence-corrected chi connectivity index (χ0v) is 24.0. The molecular weight excluding hydrogens is 506 g/mol. The van der Waals surface area contributed by atoms with E-state index in [1.165, 1.54) is 6.42 Å². The molecule has 210 valence electrons. The highest BCUT2D eigenvalue weighted by Gasteiger charge is 2.38. The first kappa shape index (κ1) is 29.8. The first-order valence-corrected chi connectivity index (χ1v) is 13.5. The van der Waals surface area contributed by atoms with Crippen LogP contribution in [0.5, 0.6) is 5.75 Å². The molecule has 2 fully saturated rings. The third-order valence-electron chi connectivity index (χ3n) is 8.18. The number of nitrogens with one attached hydrogen (secondary N) is 2. The Morgan fingerprint density at radius 3 is 2.42 bits per heavy atom. The van der Waals surface area contributed by atoms with Crippen molar-refractivity contribution < 1.29 is 19.1 Å². The van der Waals surface area contributed by atoms with Crippen LogP contribution < -0.4 is 15.4 Å². The summed E-state index contributed by atoms with van der Waals surface area (Å²) in [5.41, 5.74) is 1.55. The van der Waals surface area contributed by atoms with Gasteiger partial charge >= 0.3 is 0 Å². The van der Waals surface area contributed by atoms with Crippen LogP contribution in [0.3, 0.4) is 0 Å². The lowest BCUT2D eigenvalue weighted by molar-refractivity contribution is -0.140. The molecule has 1 aliphatic heterocycles. The van der Waals surface area contributed by atoms with E-state index in [9.17, 15) is 14.4 Å². The van der Waals surface area contributed by atoms with Gasteiger partial charge in [-0.1, -0.05) is 19.3 Å². The Bertz CT molecular complexity index is 1150. The molecule has 1 saturated heterocycles. The molecule has 38 heavy (non-hydrogen) atoms. The van der Waals surface area contributed by atoms with Gasteiger partial charge in [0.15, 0.2) is 0 Å². The summed E-state index contributed by atoms with van der Waals surface area (Å²) in [6.07, 6.45) is 5.24. The first-order valence-electron chi connectivity index (χ1n) is 13.5. The van der Waals surface area contributed by atoms with E-state index in [2.05, 4.69) is 10.6 Å². The van der Waals surface area contributed by atoms with Crippen LogP contribution in [-0.4, -0.2) is 84.0 Å². The summed E-state index contributed by atoms with van der Waals surface area (Å²) < 4.78 is 7.25. The number of carbonyl (C=O) groups is 3. The van der Waals surface area contributed by atoms with E-state index in [1.807, 2.05) is 52.6 Å². The monoisotopic (exact) mass is 547 g/mol. The number of rotatable bonds is 7. The third-order valence-corrected chi connectivity index (χ3v) is 8.18. The predicted molar refractivity (Wildman–Crippen MR) is 151 cm³/mol. The van der Waals surface area contributed by atoms with Gasteiger partial charge < -0.3 is 29.7 Å². The molecule has 2 aromatic rings. The highest BCUT2D eigenvalue weighted by atomic mass is 35.5. The number of nitrogens with zero attached hydrogens (tertiary/aromatic N) is 3. The van der Waals surface area contributed by atoms with Crippen molar-refractivity contribution in [3.8, 4) is 5.75 Å². The predicted octanol–water partition coefficient (Wildman–Crippen LogP) is 2.95. The summed E-state index contributed by atoms with van der Waals surface area (Å²) in [6.45, 7) is 5.14. The summed E-state index contributed by atoms with van der Waals surface area (Å²) in [5, 5.41) is 7.00. The number of benzene rings is 1.